The molecule has 0 unspecified atom stereocenters. The second-order valence-corrected chi connectivity index (χ2v) is 8.48. The highest BCUT2D eigenvalue weighted by Crippen LogP contribution is 2.36. The van der Waals surface area contributed by atoms with Crippen LogP contribution in [0.25, 0.3) is 0 Å². The van der Waals surface area contributed by atoms with Gasteiger partial charge >= 0.3 is 5.97 Å². The van der Waals surface area contributed by atoms with Crippen LogP contribution in [0, 0.1) is 5.92 Å². The van der Waals surface area contributed by atoms with Gasteiger partial charge in [-0.2, -0.15) is 4.89 Å². The first-order valence-electron chi connectivity index (χ1n) is 9.49. The number of nitrogens with one attached hydrogen (secondary N) is 1. The van der Waals surface area contributed by atoms with Crippen LogP contribution in [0.15, 0.2) is 12.2 Å². The van der Waals surface area contributed by atoms with Gasteiger partial charge in [0.2, 0.25) is 0 Å². The molecule has 0 saturated carbocycles. The third-order valence-corrected chi connectivity index (χ3v) is 4.66. The summed E-state index contributed by atoms with van der Waals surface area (Å²) < 4.78 is 0. The maximum absolute atomic E-state index is 12.2. The SMILES string of the molecule is C=C(C(=O)OOCCCCCCCC)C1CC(C)(C)NC(C)(C)C1. The van der Waals surface area contributed by atoms with Crippen molar-refractivity contribution in [2.24, 2.45) is 5.92 Å². The average molecular weight is 340 g/mol. The van der Waals surface area contributed by atoms with E-state index in [9.17, 15) is 4.79 Å². The molecule has 1 fully saturated rings. The van der Waals surface area contributed by atoms with E-state index in [0.717, 1.165) is 25.7 Å². The zero-order chi connectivity index (χ0) is 18.2. The van der Waals surface area contributed by atoms with Crippen LogP contribution in [0.5, 0.6) is 0 Å². The summed E-state index contributed by atoms with van der Waals surface area (Å²) in [5.41, 5.74) is 0.491. The van der Waals surface area contributed by atoms with Crippen molar-refractivity contribution in [2.75, 3.05) is 6.61 Å². The highest BCUT2D eigenvalue weighted by Gasteiger charge is 2.40. The molecule has 0 aromatic carbocycles. The van der Waals surface area contributed by atoms with Crippen molar-refractivity contribution < 1.29 is 14.6 Å². The van der Waals surface area contributed by atoms with E-state index in [0.29, 0.717) is 12.2 Å². The van der Waals surface area contributed by atoms with Gasteiger partial charge in [-0.25, -0.2) is 4.79 Å². The number of hydrogen-bond acceptors (Lipinski definition) is 4. The molecule has 0 atom stereocenters. The van der Waals surface area contributed by atoms with Gasteiger partial charge in [-0.15, -0.1) is 0 Å². The summed E-state index contributed by atoms with van der Waals surface area (Å²) >= 11 is 0. The molecule has 4 nitrogen and oxygen atoms in total. The second kappa shape index (κ2) is 9.57. The first-order chi connectivity index (χ1) is 11.2. The summed E-state index contributed by atoms with van der Waals surface area (Å²) in [7, 11) is 0. The maximum Gasteiger partial charge on any atom is 0.368 e. The average Bonchev–Trinajstić information content (AvgIpc) is 2.45. The summed E-state index contributed by atoms with van der Waals surface area (Å²) in [5, 5.41) is 3.61. The zero-order valence-corrected chi connectivity index (χ0v) is 16.4. The van der Waals surface area contributed by atoms with Crippen molar-refractivity contribution in [3.63, 3.8) is 0 Å². The van der Waals surface area contributed by atoms with Crippen molar-refractivity contribution in [1.82, 2.24) is 5.32 Å². The van der Waals surface area contributed by atoms with E-state index in [1.165, 1.54) is 25.7 Å². The molecule has 0 amide bonds. The number of carbonyl (C=O) groups excluding carboxylic acids is 1. The normalized spacial score (nSPS) is 19.9. The molecule has 24 heavy (non-hydrogen) atoms. The molecule has 0 bridgehead atoms. The van der Waals surface area contributed by atoms with Crippen molar-refractivity contribution in [2.45, 2.75) is 97.1 Å². The van der Waals surface area contributed by atoms with Crippen LogP contribution in [0.2, 0.25) is 0 Å². The largest absolute Gasteiger partial charge is 0.368 e. The van der Waals surface area contributed by atoms with Gasteiger partial charge in [-0.1, -0.05) is 45.6 Å². The van der Waals surface area contributed by atoms with Crippen LogP contribution in [0.3, 0.4) is 0 Å². The molecule has 0 aromatic heterocycles. The smallest absolute Gasteiger partial charge is 0.307 e. The molecule has 1 aliphatic rings. The Bertz CT molecular complexity index is 399. The van der Waals surface area contributed by atoms with Gasteiger partial charge in [0.25, 0.3) is 0 Å². The van der Waals surface area contributed by atoms with Crippen molar-refractivity contribution >= 4 is 5.97 Å². The molecule has 0 spiro atoms. The summed E-state index contributed by atoms with van der Waals surface area (Å²) in [6.07, 6.45) is 8.83. The molecule has 1 heterocycles. The number of unbranched alkanes of at least 4 members (excludes halogenated alkanes) is 5. The number of rotatable bonds is 10. The highest BCUT2D eigenvalue weighted by atomic mass is 17.2. The first-order valence-corrected chi connectivity index (χ1v) is 9.49. The van der Waals surface area contributed by atoms with Crippen LogP contribution in [0.4, 0.5) is 0 Å². The van der Waals surface area contributed by atoms with E-state index in [4.69, 9.17) is 9.78 Å². The van der Waals surface area contributed by atoms with Gasteiger partial charge in [0.1, 0.15) is 0 Å². The standard InChI is InChI=1S/C20H37NO3/c1-7-8-9-10-11-12-13-23-24-18(22)16(2)17-14-19(3,4)21-20(5,6)15-17/h17,21H,2,7-15H2,1,3-6H3. The fourth-order valence-electron chi connectivity index (χ4n) is 3.83. The summed E-state index contributed by atoms with van der Waals surface area (Å²) in [6.45, 7) is 15.3. The summed E-state index contributed by atoms with van der Waals surface area (Å²) in [4.78, 5) is 22.2. The van der Waals surface area contributed by atoms with E-state index in [1.807, 2.05) is 0 Å². The van der Waals surface area contributed by atoms with Crippen LogP contribution in [-0.2, 0) is 14.6 Å². The fourth-order valence-corrected chi connectivity index (χ4v) is 3.83. The Hall–Kier alpha value is -0.870. The van der Waals surface area contributed by atoms with E-state index < -0.39 is 5.97 Å². The molecular weight excluding hydrogens is 302 g/mol. The molecule has 1 aliphatic heterocycles. The minimum absolute atomic E-state index is 0.0189. The fraction of sp³-hybridized carbons (Fsp3) is 0.850. The minimum Gasteiger partial charge on any atom is -0.307 e. The van der Waals surface area contributed by atoms with Crippen LogP contribution >= 0.6 is 0 Å². The molecule has 4 heteroatoms. The van der Waals surface area contributed by atoms with Crippen LogP contribution in [-0.4, -0.2) is 23.7 Å². The topological polar surface area (TPSA) is 47.6 Å². The third kappa shape index (κ3) is 7.80. The van der Waals surface area contributed by atoms with E-state index in [2.05, 4.69) is 46.5 Å². The van der Waals surface area contributed by atoms with E-state index >= 15 is 0 Å². The quantitative estimate of drug-likeness (QED) is 0.265. The Morgan fingerprint density at radius 3 is 2.17 bits per heavy atom. The highest BCUT2D eigenvalue weighted by molar-refractivity contribution is 5.87. The predicted molar refractivity (Wildman–Crippen MR) is 98.6 cm³/mol. The van der Waals surface area contributed by atoms with Crippen molar-refractivity contribution in [1.29, 1.82) is 0 Å². The summed E-state index contributed by atoms with van der Waals surface area (Å²) in [5.74, 6) is -0.291. The molecular formula is C20H37NO3. The molecule has 1 saturated heterocycles. The lowest BCUT2D eigenvalue weighted by atomic mass is 9.73. The number of hydrogen-bond donors (Lipinski definition) is 1. The lowest BCUT2D eigenvalue weighted by Gasteiger charge is -2.46. The van der Waals surface area contributed by atoms with Crippen molar-refractivity contribution in [3.05, 3.63) is 12.2 Å². The summed E-state index contributed by atoms with van der Waals surface area (Å²) in [6, 6.07) is 0. The predicted octanol–water partition coefficient (Wildman–Crippen LogP) is 4.93. The van der Waals surface area contributed by atoms with Gasteiger partial charge in [0.05, 0.1) is 6.61 Å². The number of carbonyl (C=O) groups is 1. The van der Waals surface area contributed by atoms with Crippen LogP contribution < -0.4 is 5.32 Å². The van der Waals surface area contributed by atoms with Gasteiger partial charge < -0.3 is 5.32 Å². The van der Waals surface area contributed by atoms with Gasteiger partial charge in [0.15, 0.2) is 0 Å². The number of piperidine rings is 1. The second-order valence-electron chi connectivity index (χ2n) is 8.48. The van der Waals surface area contributed by atoms with Crippen LogP contribution in [0.1, 0.15) is 86.0 Å². The molecule has 0 aliphatic carbocycles. The van der Waals surface area contributed by atoms with E-state index in [-0.39, 0.29) is 17.0 Å². The van der Waals surface area contributed by atoms with Gasteiger partial charge in [-0.05, 0) is 52.9 Å². The monoisotopic (exact) mass is 339 g/mol. The molecule has 0 aromatic rings. The lowest BCUT2D eigenvalue weighted by molar-refractivity contribution is -0.269. The third-order valence-electron chi connectivity index (χ3n) is 4.66. The Balaban J connectivity index is 2.28. The Morgan fingerprint density at radius 1 is 1.04 bits per heavy atom. The van der Waals surface area contributed by atoms with Gasteiger partial charge in [-0.3, -0.25) is 4.89 Å². The molecule has 0 radical (unpaired) electrons. The van der Waals surface area contributed by atoms with Gasteiger partial charge in [0, 0.05) is 16.7 Å². The Kier molecular flexibility index (Phi) is 8.44. The molecule has 1 N–H and O–H groups in total. The zero-order valence-electron chi connectivity index (χ0n) is 16.4. The molecule has 140 valence electrons. The Labute approximate surface area is 148 Å². The minimum atomic E-state index is -0.417. The first kappa shape index (κ1) is 21.2. The van der Waals surface area contributed by atoms with E-state index in [1.54, 1.807) is 0 Å². The maximum atomic E-state index is 12.2. The lowest BCUT2D eigenvalue weighted by Crippen LogP contribution is -2.58. The molecule has 1 rings (SSSR count). The Morgan fingerprint density at radius 2 is 1.58 bits per heavy atom. The van der Waals surface area contributed by atoms with Crippen molar-refractivity contribution in [3.8, 4) is 0 Å².